The third-order valence-corrected chi connectivity index (χ3v) is 5.69. The molecule has 1 heterocycles. The molecule has 0 bridgehead atoms. The number of methoxy groups -OCH3 is 1. The molecular weight excluding hydrogens is 334 g/mol. The van der Waals surface area contributed by atoms with E-state index in [4.69, 9.17) is 9.47 Å². The molecule has 1 aromatic carbocycles. The lowest BCUT2D eigenvalue weighted by Crippen LogP contribution is -2.43. The fraction of sp³-hybridized carbons (Fsp3) is 0.500. The summed E-state index contributed by atoms with van der Waals surface area (Å²) in [5.41, 5.74) is 0.286. The van der Waals surface area contributed by atoms with Gasteiger partial charge in [-0.2, -0.15) is 0 Å². The summed E-state index contributed by atoms with van der Waals surface area (Å²) in [5.74, 6) is -0.447. The average Bonchev–Trinajstić information content (AvgIpc) is 2.93. The normalized spacial score (nSPS) is 18.8. The zero-order chi connectivity index (χ0) is 17.7. The summed E-state index contributed by atoms with van der Waals surface area (Å²) >= 11 is 0. The Labute approximate surface area is 141 Å². The zero-order valence-corrected chi connectivity index (χ0v) is 14.5. The van der Waals surface area contributed by atoms with Crippen molar-refractivity contribution in [3.8, 4) is 5.75 Å². The highest BCUT2D eigenvalue weighted by Crippen LogP contribution is 2.18. The Morgan fingerprint density at radius 2 is 2.08 bits per heavy atom. The Bertz CT molecular complexity index is 715. The molecule has 0 aromatic heterocycles. The summed E-state index contributed by atoms with van der Waals surface area (Å²) in [6, 6.07) is 6.09. The van der Waals surface area contributed by atoms with Gasteiger partial charge in [0, 0.05) is 12.6 Å². The minimum atomic E-state index is -3.08. The van der Waals surface area contributed by atoms with Crippen LogP contribution in [-0.4, -0.2) is 63.0 Å². The summed E-state index contributed by atoms with van der Waals surface area (Å²) < 4.78 is 33.2. The number of likely N-dealkylation sites (N-methyl/N-ethyl adjacent to an activating group) is 1. The van der Waals surface area contributed by atoms with Crippen molar-refractivity contribution in [2.75, 3.05) is 31.8 Å². The fourth-order valence-electron chi connectivity index (χ4n) is 2.70. The third kappa shape index (κ3) is 4.47. The van der Waals surface area contributed by atoms with Gasteiger partial charge < -0.3 is 14.4 Å². The maximum absolute atomic E-state index is 12.3. The molecule has 1 saturated heterocycles. The van der Waals surface area contributed by atoms with Gasteiger partial charge >= 0.3 is 5.97 Å². The third-order valence-electron chi connectivity index (χ3n) is 3.94. The first-order chi connectivity index (χ1) is 11.4. The molecule has 0 aliphatic carbocycles. The summed E-state index contributed by atoms with van der Waals surface area (Å²) in [4.78, 5) is 25.7. The molecule has 0 unspecified atom stereocenters. The van der Waals surface area contributed by atoms with Crippen molar-refractivity contribution in [1.29, 1.82) is 0 Å². The number of rotatable bonds is 6. The molecule has 0 N–H and O–H groups in total. The van der Waals surface area contributed by atoms with E-state index in [0.717, 1.165) is 0 Å². The second-order valence-corrected chi connectivity index (χ2v) is 7.77. The maximum atomic E-state index is 12.3. The Balaban J connectivity index is 1.94. The number of ether oxygens (including phenoxy) is 2. The number of hydrogen-bond donors (Lipinski definition) is 0. The van der Waals surface area contributed by atoms with E-state index in [0.29, 0.717) is 18.7 Å². The molecule has 1 amide bonds. The van der Waals surface area contributed by atoms with E-state index in [9.17, 15) is 18.0 Å². The Kier molecular flexibility index (Phi) is 5.82. The molecule has 8 heteroatoms. The first-order valence-corrected chi connectivity index (χ1v) is 9.49. The molecule has 1 fully saturated rings. The molecule has 0 spiro atoms. The second-order valence-electron chi connectivity index (χ2n) is 5.54. The van der Waals surface area contributed by atoms with Crippen LogP contribution < -0.4 is 4.74 Å². The topological polar surface area (TPSA) is 90.0 Å². The van der Waals surface area contributed by atoms with Gasteiger partial charge in [0.25, 0.3) is 5.91 Å². The average molecular weight is 355 g/mol. The van der Waals surface area contributed by atoms with Gasteiger partial charge in [-0.25, -0.2) is 13.2 Å². The highest BCUT2D eigenvalue weighted by Gasteiger charge is 2.34. The van der Waals surface area contributed by atoms with Crippen LogP contribution in [0.4, 0.5) is 0 Å². The van der Waals surface area contributed by atoms with Crippen molar-refractivity contribution < 1.29 is 27.5 Å². The van der Waals surface area contributed by atoms with Crippen molar-refractivity contribution in [3.05, 3.63) is 29.8 Å². The predicted molar refractivity (Wildman–Crippen MR) is 87.7 cm³/mol. The minimum Gasteiger partial charge on any atom is -0.497 e. The van der Waals surface area contributed by atoms with Crippen molar-refractivity contribution >= 4 is 21.7 Å². The maximum Gasteiger partial charge on any atom is 0.338 e. The lowest BCUT2D eigenvalue weighted by Gasteiger charge is -2.26. The highest BCUT2D eigenvalue weighted by molar-refractivity contribution is 7.91. The van der Waals surface area contributed by atoms with E-state index >= 15 is 0 Å². The molecule has 2 rings (SSSR count). The molecular formula is C16H21NO6S. The number of hydrogen-bond acceptors (Lipinski definition) is 6. The number of amides is 1. The van der Waals surface area contributed by atoms with Crippen LogP contribution in [0.3, 0.4) is 0 Å². The van der Waals surface area contributed by atoms with Crippen LogP contribution in [0.1, 0.15) is 23.7 Å². The summed E-state index contributed by atoms with van der Waals surface area (Å²) in [5, 5.41) is 0. The zero-order valence-electron chi connectivity index (χ0n) is 13.7. The van der Waals surface area contributed by atoms with Crippen molar-refractivity contribution in [3.63, 3.8) is 0 Å². The van der Waals surface area contributed by atoms with E-state index < -0.39 is 28.3 Å². The molecule has 0 radical (unpaired) electrons. The van der Waals surface area contributed by atoms with E-state index in [-0.39, 0.29) is 23.1 Å². The first-order valence-electron chi connectivity index (χ1n) is 7.67. The van der Waals surface area contributed by atoms with Crippen LogP contribution in [0.5, 0.6) is 5.75 Å². The predicted octanol–water partition coefficient (Wildman–Crippen LogP) is 0.888. The molecule has 0 saturated carbocycles. The molecule has 1 atom stereocenters. The molecule has 1 aliphatic heterocycles. The van der Waals surface area contributed by atoms with Crippen LogP contribution in [0, 0.1) is 0 Å². The smallest absolute Gasteiger partial charge is 0.338 e. The van der Waals surface area contributed by atoms with Gasteiger partial charge in [0.2, 0.25) is 0 Å². The van der Waals surface area contributed by atoms with E-state index in [2.05, 4.69) is 0 Å². The number of sulfone groups is 1. The van der Waals surface area contributed by atoms with Crippen molar-refractivity contribution in [2.45, 2.75) is 19.4 Å². The van der Waals surface area contributed by atoms with Crippen molar-refractivity contribution in [1.82, 2.24) is 4.90 Å². The second kappa shape index (κ2) is 7.65. The van der Waals surface area contributed by atoms with Gasteiger partial charge in [0.15, 0.2) is 16.4 Å². The lowest BCUT2D eigenvalue weighted by atomic mass is 10.2. The number of nitrogens with zero attached hydrogens (tertiary/aromatic N) is 1. The van der Waals surface area contributed by atoms with Gasteiger partial charge in [0.1, 0.15) is 5.75 Å². The number of carbonyl (C=O) groups excluding carboxylic acids is 2. The van der Waals surface area contributed by atoms with Gasteiger partial charge in [-0.05, 0) is 31.5 Å². The number of carbonyl (C=O) groups is 2. The summed E-state index contributed by atoms with van der Waals surface area (Å²) in [6.07, 6.45) is 0.422. The molecule has 132 valence electrons. The summed E-state index contributed by atoms with van der Waals surface area (Å²) in [6.45, 7) is 1.73. The molecule has 1 aromatic rings. The SMILES string of the molecule is CCN(C(=O)COC(=O)c1cccc(OC)c1)[C@@H]1CCS(=O)(=O)C1. The largest absolute Gasteiger partial charge is 0.497 e. The van der Waals surface area contributed by atoms with Gasteiger partial charge in [-0.3, -0.25) is 4.79 Å². The monoisotopic (exact) mass is 355 g/mol. The minimum absolute atomic E-state index is 0.0313. The van der Waals surface area contributed by atoms with Crippen LogP contribution >= 0.6 is 0 Å². The van der Waals surface area contributed by atoms with E-state index in [1.54, 1.807) is 25.1 Å². The Morgan fingerprint density at radius 1 is 1.33 bits per heavy atom. The van der Waals surface area contributed by atoms with Crippen LogP contribution in [0.25, 0.3) is 0 Å². The standard InChI is InChI=1S/C16H21NO6S/c1-3-17(13-7-8-24(20,21)11-13)15(18)10-23-16(19)12-5-4-6-14(9-12)22-2/h4-6,9,13H,3,7-8,10-11H2,1-2H3/t13-/m1/s1. The van der Waals surface area contributed by atoms with Crippen molar-refractivity contribution in [2.24, 2.45) is 0 Å². The van der Waals surface area contributed by atoms with Crippen LogP contribution in [0.2, 0.25) is 0 Å². The quantitative estimate of drug-likeness (QED) is 0.704. The van der Waals surface area contributed by atoms with Crippen LogP contribution in [-0.2, 0) is 19.4 Å². The fourth-order valence-corrected chi connectivity index (χ4v) is 4.43. The molecule has 7 nitrogen and oxygen atoms in total. The van der Waals surface area contributed by atoms with E-state index in [1.807, 2.05) is 0 Å². The molecule has 24 heavy (non-hydrogen) atoms. The number of benzene rings is 1. The van der Waals surface area contributed by atoms with Crippen LogP contribution in [0.15, 0.2) is 24.3 Å². The van der Waals surface area contributed by atoms with Gasteiger partial charge in [-0.15, -0.1) is 0 Å². The lowest BCUT2D eigenvalue weighted by molar-refractivity contribution is -0.136. The van der Waals surface area contributed by atoms with E-state index in [1.165, 1.54) is 18.1 Å². The molecule has 1 aliphatic rings. The van der Waals surface area contributed by atoms with Gasteiger partial charge in [0.05, 0.1) is 24.2 Å². The van der Waals surface area contributed by atoms with Gasteiger partial charge in [-0.1, -0.05) is 6.07 Å². The first kappa shape index (κ1) is 18.3. The Hall–Kier alpha value is -2.09. The Morgan fingerprint density at radius 3 is 2.67 bits per heavy atom. The highest BCUT2D eigenvalue weighted by atomic mass is 32.2. The number of esters is 1. The summed E-state index contributed by atoms with van der Waals surface area (Å²) in [7, 11) is -1.59.